The number of benzene rings is 1. The van der Waals surface area contributed by atoms with Crippen molar-refractivity contribution in [1.29, 1.82) is 0 Å². The maximum absolute atomic E-state index is 10.5. The molecule has 1 saturated heterocycles. The first-order valence-corrected chi connectivity index (χ1v) is 7.36. The molecule has 1 aliphatic heterocycles. The maximum Gasteiger partial charge on any atom is 0.0992 e. The highest BCUT2D eigenvalue weighted by atomic mass is 16.3. The van der Waals surface area contributed by atoms with Crippen LogP contribution in [0, 0.1) is 0 Å². The fourth-order valence-corrected chi connectivity index (χ4v) is 2.70. The maximum atomic E-state index is 10.5. The van der Waals surface area contributed by atoms with Crippen LogP contribution >= 0.6 is 0 Å². The van der Waals surface area contributed by atoms with Gasteiger partial charge in [0.15, 0.2) is 0 Å². The van der Waals surface area contributed by atoms with Crippen molar-refractivity contribution in [3.8, 4) is 0 Å². The standard InChI is InChI=1S/C16H27N3O/c1-16(20,14-7-5-4-6-8-14)13-17-11-15-12-18(2)9-10-19(15)3/h4-8,15,17,20H,9-13H2,1-3H3. The summed E-state index contributed by atoms with van der Waals surface area (Å²) in [7, 11) is 4.34. The minimum absolute atomic E-state index is 0.514. The molecular formula is C16H27N3O. The zero-order valence-electron chi connectivity index (χ0n) is 12.8. The molecule has 0 aromatic heterocycles. The molecule has 1 heterocycles. The summed E-state index contributed by atoms with van der Waals surface area (Å²) in [4.78, 5) is 4.76. The van der Waals surface area contributed by atoms with Crippen LogP contribution in [0.15, 0.2) is 30.3 Å². The van der Waals surface area contributed by atoms with E-state index in [4.69, 9.17) is 0 Å². The highest BCUT2D eigenvalue weighted by Crippen LogP contribution is 2.19. The second-order valence-corrected chi connectivity index (χ2v) is 6.17. The molecule has 1 aromatic rings. The Hall–Kier alpha value is -0.940. The average Bonchev–Trinajstić information content (AvgIpc) is 2.43. The van der Waals surface area contributed by atoms with Crippen molar-refractivity contribution in [2.24, 2.45) is 0 Å². The van der Waals surface area contributed by atoms with Crippen LogP contribution in [0.25, 0.3) is 0 Å². The third kappa shape index (κ3) is 4.03. The Bertz CT molecular complexity index is 407. The quantitative estimate of drug-likeness (QED) is 0.832. The van der Waals surface area contributed by atoms with Crippen molar-refractivity contribution in [3.63, 3.8) is 0 Å². The van der Waals surface area contributed by atoms with Gasteiger partial charge in [0.1, 0.15) is 0 Å². The molecule has 1 fully saturated rings. The smallest absolute Gasteiger partial charge is 0.0992 e. The van der Waals surface area contributed by atoms with Crippen LogP contribution in [-0.2, 0) is 5.60 Å². The lowest BCUT2D eigenvalue weighted by Crippen LogP contribution is -2.54. The molecule has 2 unspecified atom stereocenters. The summed E-state index contributed by atoms with van der Waals surface area (Å²) in [6.07, 6.45) is 0. The molecule has 0 bridgehead atoms. The predicted octanol–water partition coefficient (Wildman–Crippen LogP) is 0.730. The minimum atomic E-state index is -0.819. The fraction of sp³-hybridized carbons (Fsp3) is 0.625. The van der Waals surface area contributed by atoms with Gasteiger partial charge in [0.25, 0.3) is 0 Å². The lowest BCUT2D eigenvalue weighted by Gasteiger charge is -2.38. The van der Waals surface area contributed by atoms with Crippen molar-refractivity contribution >= 4 is 0 Å². The Morgan fingerprint density at radius 1 is 1.25 bits per heavy atom. The van der Waals surface area contributed by atoms with Gasteiger partial charge >= 0.3 is 0 Å². The summed E-state index contributed by atoms with van der Waals surface area (Å²) in [5, 5.41) is 14.0. The van der Waals surface area contributed by atoms with Gasteiger partial charge in [0.2, 0.25) is 0 Å². The number of nitrogens with one attached hydrogen (secondary N) is 1. The molecule has 2 rings (SSSR count). The van der Waals surface area contributed by atoms with Crippen molar-refractivity contribution < 1.29 is 5.11 Å². The second-order valence-electron chi connectivity index (χ2n) is 6.17. The summed E-state index contributed by atoms with van der Waals surface area (Å²) >= 11 is 0. The van der Waals surface area contributed by atoms with E-state index in [9.17, 15) is 5.11 Å². The monoisotopic (exact) mass is 277 g/mol. The van der Waals surface area contributed by atoms with Crippen LogP contribution in [-0.4, -0.2) is 67.8 Å². The van der Waals surface area contributed by atoms with E-state index >= 15 is 0 Å². The molecule has 1 aliphatic rings. The van der Waals surface area contributed by atoms with E-state index in [1.54, 1.807) is 0 Å². The summed E-state index contributed by atoms with van der Waals surface area (Å²) < 4.78 is 0. The van der Waals surface area contributed by atoms with Crippen LogP contribution in [0.4, 0.5) is 0 Å². The average molecular weight is 277 g/mol. The molecule has 0 spiro atoms. The van der Waals surface area contributed by atoms with E-state index in [2.05, 4.69) is 29.2 Å². The molecule has 4 nitrogen and oxygen atoms in total. The fourth-order valence-electron chi connectivity index (χ4n) is 2.70. The summed E-state index contributed by atoms with van der Waals surface area (Å²) in [5.41, 5.74) is 0.141. The Morgan fingerprint density at radius 2 is 1.95 bits per heavy atom. The van der Waals surface area contributed by atoms with E-state index in [1.165, 1.54) is 0 Å². The molecule has 0 amide bonds. The Balaban J connectivity index is 1.83. The van der Waals surface area contributed by atoms with E-state index in [0.717, 1.165) is 31.7 Å². The third-order valence-electron chi connectivity index (χ3n) is 4.23. The zero-order valence-corrected chi connectivity index (χ0v) is 12.8. The van der Waals surface area contributed by atoms with Gasteiger partial charge in [-0.15, -0.1) is 0 Å². The SMILES string of the molecule is CN1CCN(C)C(CNCC(C)(O)c2ccccc2)C1. The Morgan fingerprint density at radius 3 is 2.65 bits per heavy atom. The van der Waals surface area contributed by atoms with Crippen molar-refractivity contribution in [2.75, 3.05) is 46.8 Å². The molecule has 4 heteroatoms. The van der Waals surface area contributed by atoms with Crippen molar-refractivity contribution in [3.05, 3.63) is 35.9 Å². The number of rotatable bonds is 5. The number of piperazine rings is 1. The van der Waals surface area contributed by atoms with Crippen molar-refractivity contribution in [1.82, 2.24) is 15.1 Å². The summed E-state index contributed by atoms with van der Waals surface area (Å²) in [6, 6.07) is 10.4. The molecule has 112 valence electrons. The van der Waals surface area contributed by atoms with Gasteiger partial charge in [-0.1, -0.05) is 30.3 Å². The zero-order chi connectivity index (χ0) is 14.6. The van der Waals surface area contributed by atoms with Gasteiger partial charge in [0, 0.05) is 38.8 Å². The summed E-state index contributed by atoms with van der Waals surface area (Å²) in [6.45, 7) is 6.67. The van der Waals surface area contributed by atoms with Gasteiger partial charge in [-0.05, 0) is 26.6 Å². The second kappa shape index (κ2) is 6.68. The van der Waals surface area contributed by atoms with Gasteiger partial charge in [0.05, 0.1) is 5.60 Å². The number of nitrogens with zero attached hydrogens (tertiary/aromatic N) is 2. The van der Waals surface area contributed by atoms with E-state index < -0.39 is 5.60 Å². The topological polar surface area (TPSA) is 38.7 Å². The first-order valence-electron chi connectivity index (χ1n) is 7.36. The Kier molecular flexibility index (Phi) is 5.16. The number of hydrogen-bond acceptors (Lipinski definition) is 4. The number of likely N-dealkylation sites (N-methyl/N-ethyl adjacent to an activating group) is 2. The lowest BCUT2D eigenvalue weighted by atomic mass is 9.96. The molecule has 20 heavy (non-hydrogen) atoms. The molecule has 1 aromatic carbocycles. The van der Waals surface area contributed by atoms with Crippen LogP contribution < -0.4 is 5.32 Å². The predicted molar refractivity (Wildman–Crippen MR) is 82.8 cm³/mol. The molecule has 0 saturated carbocycles. The van der Waals surface area contributed by atoms with Crippen LogP contribution in [0.3, 0.4) is 0 Å². The molecule has 2 atom stereocenters. The molecular weight excluding hydrogens is 250 g/mol. The van der Waals surface area contributed by atoms with Gasteiger partial charge in [-0.25, -0.2) is 0 Å². The van der Waals surface area contributed by atoms with Gasteiger partial charge < -0.3 is 15.3 Å². The van der Waals surface area contributed by atoms with Crippen molar-refractivity contribution in [2.45, 2.75) is 18.6 Å². The van der Waals surface area contributed by atoms with Gasteiger partial charge in [-0.2, -0.15) is 0 Å². The first-order chi connectivity index (χ1) is 9.49. The summed E-state index contributed by atoms with van der Waals surface area (Å²) in [5.74, 6) is 0. The third-order valence-corrected chi connectivity index (χ3v) is 4.23. The highest BCUT2D eigenvalue weighted by Gasteiger charge is 2.25. The first kappa shape index (κ1) is 15.4. The largest absolute Gasteiger partial charge is 0.384 e. The highest BCUT2D eigenvalue weighted by molar-refractivity contribution is 5.21. The minimum Gasteiger partial charge on any atom is -0.384 e. The number of aliphatic hydroxyl groups is 1. The molecule has 2 N–H and O–H groups in total. The molecule has 0 aliphatic carbocycles. The van der Waals surface area contributed by atoms with E-state index in [-0.39, 0.29) is 0 Å². The van der Waals surface area contributed by atoms with Crippen LogP contribution in [0.2, 0.25) is 0 Å². The normalized spacial score (nSPS) is 24.5. The number of hydrogen-bond donors (Lipinski definition) is 2. The Labute approximate surface area is 122 Å². The van der Waals surface area contributed by atoms with Crippen LogP contribution in [0.5, 0.6) is 0 Å². The van der Waals surface area contributed by atoms with E-state index in [0.29, 0.717) is 12.6 Å². The lowest BCUT2D eigenvalue weighted by molar-refractivity contribution is 0.0510. The van der Waals surface area contributed by atoms with E-state index in [1.807, 2.05) is 37.3 Å². The molecule has 0 radical (unpaired) electrons. The van der Waals surface area contributed by atoms with Gasteiger partial charge in [-0.3, -0.25) is 4.90 Å². The van der Waals surface area contributed by atoms with Crippen LogP contribution in [0.1, 0.15) is 12.5 Å².